The number of nitrogens with zero attached hydrogens (tertiary/aromatic N) is 3. The predicted molar refractivity (Wildman–Crippen MR) is 101 cm³/mol. The molecular weight excluding hydrogens is 468 g/mol. The minimum Gasteiger partial charge on any atom is -0.475 e. The first-order valence-corrected chi connectivity index (χ1v) is 9.58. The van der Waals surface area contributed by atoms with E-state index in [1.807, 2.05) is 12.1 Å². The summed E-state index contributed by atoms with van der Waals surface area (Å²) in [6.07, 6.45) is -6.59. The number of Topliss-reactive ketones (excluding diaryl/α,β-unsaturated/α-hetero) is 1. The van der Waals surface area contributed by atoms with E-state index in [0.29, 0.717) is 37.5 Å². The molecule has 0 atom stereocenters. The summed E-state index contributed by atoms with van der Waals surface area (Å²) >= 11 is 0.582. The van der Waals surface area contributed by atoms with Gasteiger partial charge in [0.2, 0.25) is 0 Å². The first-order valence-electron chi connectivity index (χ1n) is 8.76. The number of carbonyl (C=O) groups is 3. The fourth-order valence-electron chi connectivity index (χ4n) is 2.58. The van der Waals surface area contributed by atoms with Crippen LogP contribution in [0.25, 0.3) is 0 Å². The van der Waals surface area contributed by atoms with Crippen LogP contribution in [0.2, 0.25) is 0 Å². The Hall–Kier alpha value is -3.16. The number of ketones is 1. The van der Waals surface area contributed by atoms with Crippen LogP contribution in [0.3, 0.4) is 0 Å². The molecule has 3 heterocycles. The van der Waals surface area contributed by atoms with Crippen molar-refractivity contribution in [2.75, 3.05) is 31.1 Å². The average molecular weight is 483 g/mol. The average Bonchev–Trinajstić information content (AvgIpc) is 3.22. The Morgan fingerprint density at radius 1 is 0.906 bits per heavy atom. The minimum atomic E-state index is -5.08. The van der Waals surface area contributed by atoms with Crippen LogP contribution in [0, 0.1) is 0 Å². The Balaban J connectivity index is 0.000000451. The molecule has 7 nitrogen and oxygen atoms in total. The number of alkyl halides is 6. The minimum absolute atomic E-state index is 0.141. The third-order valence-electron chi connectivity index (χ3n) is 4.12. The van der Waals surface area contributed by atoms with Crippen LogP contribution >= 0.6 is 11.3 Å². The molecule has 0 saturated carbocycles. The fourth-order valence-corrected chi connectivity index (χ4v) is 3.51. The summed E-state index contributed by atoms with van der Waals surface area (Å²) < 4.78 is 69.1. The highest BCUT2D eigenvalue weighted by molar-refractivity contribution is 7.16. The summed E-state index contributed by atoms with van der Waals surface area (Å²) in [5.74, 6) is -5.03. The summed E-state index contributed by atoms with van der Waals surface area (Å²) in [7, 11) is 0. The van der Waals surface area contributed by atoms with Crippen molar-refractivity contribution in [1.82, 2.24) is 9.88 Å². The van der Waals surface area contributed by atoms with Crippen LogP contribution in [-0.4, -0.2) is 71.2 Å². The normalized spacial score (nSPS) is 14.4. The van der Waals surface area contributed by atoms with Gasteiger partial charge in [-0.15, -0.1) is 11.3 Å². The third-order valence-corrected chi connectivity index (χ3v) is 5.19. The molecule has 1 amide bonds. The number of halogens is 6. The van der Waals surface area contributed by atoms with Gasteiger partial charge < -0.3 is 14.9 Å². The van der Waals surface area contributed by atoms with E-state index in [4.69, 9.17) is 9.90 Å². The quantitative estimate of drug-likeness (QED) is 0.531. The van der Waals surface area contributed by atoms with Crippen LogP contribution in [0.5, 0.6) is 0 Å². The maximum atomic E-state index is 12.5. The molecule has 1 aliphatic heterocycles. The van der Waals surface area contributed by atoms with Crippen molar-refractivity contribution < 1.29 is 45.8 Å². The summed E-state index contributed by atoms with van der Waals surface area (Å²) in [6, 6.07) is 6.09. The topological polar surface area (TPSA) is 90.8 Å². The summed E-state index contributed by atoms with van der Waals surface area (Å²) in [4.78, 5) is 40.0. The number of rotatable bonds is 3. The van der Waals surface area contributed by atoms with Crippen molar-refractivity contribution in [3.63, 3.8) is 0 Å². The van der Waals surface area contributed by atoms with Crippen molar-refractivity contribution in [2.45, 2.75) is 12.4 Å². The zero-order chi connectivity index (χ0) is 24.1. The van der Waals surface area contributed by atoms with Gasteiger partial charge in [-0.1, -0.05) is 0 Å². The Bertz CT molecular complexity index is 954. The van der Waals surface area contributed by atoms with Crippen LogP contribution in [-0.2, 0) is 4.79 Å². The lowest BCUT2D eigenvalue weighted by Crippen LogP contribution is -2.48. The van der Waals surface area contributed by atoms with Crippen molar-refractivity contribution in [3.8, 4) is 0 Å². The zero-order valence-electron chi connectivity index (χ0n) is 16.0. The molecule has 1 N–H and O–H groups in total. The third kappa shape index (κ3) is 6.67. The van der Waals surface area contributed by atoms with E-state index >= 15 is 0 Å². The Kier molecular flexibility index (Phi) is 7.83. The number of hydrogen-bond acceptors (Lipinski definition) is 6. The second kappa shape index (κ2) is 9.97. The maximum Gasteiger partial charge on any atom is 0.490 e. The maximum absolute atomic E-state index is 12.5. The number of amides is 1. The lowest BCUT2D eigenvalue weighted by atomic mass is 10.2. The zero-order valence-corrected chi connectivity index (χ0v) is 16.8. The molecule has 3 rings (SSSR count). The van der Waals surface area contributed by atoms with Gasteiger partial charge in [-0.2, -0.15) is 26.3 Å². The first-order chi connectivity index (χ1) is 14.8. The molecule has 0 radical (unpaired) electrons. The lowest BCUT2D eigenvalue weighted by molar-refractivity contribution is -0.192. The molecular formula is C18H15F6N3O4S. The highest BCUT2D eigenvalue weighted by atomic mass is 32.1. The summed E-state index contributed by atoms with van der Waals surface area (Å²) in [6.45, 7) is 2.12. The van der Waals surface area contributed by atoms with E-state index in [2.05, 4.69) is 9.88 Å². The number of hydrogen-bond donors (Lipinski definition) is 1. The summed E-state index contributed by atoms with van der Waals surface area (Å²) in [5.41, 5.74) is 0.962. The molecule has 1 fully saturated rings. The van der Waals surface area contributed by atoms with E-state index in [0.717, 1.165) is 11.8 Å². The van der Waals surface area contributed by atoms with Gasteiger partial charge in [0.25, 0.3) is 11.7 Å². The number of aromatic nitrogens is 1. The van der Waals surface area contributed by atoms with Gasteiger partial charge >= 0.3 is 18.3 Å². The first kappa shape index (κ1) is 25.1. The highest BCUT2D eigenvalue weighted by Gasteiger charge is 2.40. The second-order valence-electron chi connectivity index (χ2n) is 6.28. The van der Waals surface area contributed by atoms with E-state index in [1.54, 1.807) is 17.3 Å². The van der Waals surface area contributed by atoms with Crippen LogP contribution in [0.4, 0.5) is 32.0 Å². The molecule has 32 heavy (non-hydrogen) atoms. The van der Waals surface area contributed by atoms with Gasteiger partial charge in [0.05, 0.1) is 21.6 Å². The molecule has 0 unspecified atom stereocenters. The van der Waals surface area contributed by atoms with Crippen molar-refractivity contribution in [3.05, 3.63) is 46.4 Å². The molecule has 0 spiro atoms. The van der Waals surface area contributed by atoms with Gasteiger partial charge in [-0.3, -0.25) is 14.6 Å². The van der Waals surface area contributed by atoms with E-state index < -0.39 is 29.0 Å². The second-order valence-corrected chi connectivity index (χ2v) is 7.37. The number of thiophene rings is 1. The lowest BCUT2D eigenvalue weighted by Gasteiger charge is -2.35. The van der Waals surface area contributed by atoms with Crippen molar-refractivity contribution in [2.24, 2.45) is 0 Å². The van der Waals surface area contributed by atoms with Crippen molar-refractivity contribution >= 4 is 34.7 Å². The molecule has 0 bridgehead atoms. The summed E-state index contributed by atoms with van der Waals surface area (Å²) in [5, 5.41) is 7.12. The molecule has 2 aromatic heterocycles. The SMILES string of the molecule is O=C(O)C(F)(F)F.O=C(c1ccc(C(=O)C(F)(F)F)s1)N1CCN(c2cccnc2)CC1. The molecule has 1 aliphatic rings. The number of pyridine rings is 1. The van der Waals surface area contributed by atoms with Crippen LogP contribution in [0.15, 0.2) is 36.7 Å². The number of piperazine rings is 1. The van der Waals surface area contributed by atoms with Gasteiger partial charge in [0.1, 0.15) is 0 Å². The van der Waals surface area contributed by atoms with Gasteiger partial charge in [-0.25, -0.2) is 4.79 Å². The van der Waals surface area contributed by atoms with Gasteiger partial charge in [0, 0.05) is 32.4 Å². The molecule has 174 valence electrons. The Morgan fingerprint density at radius 2 is 1.47 bits per heavy atom. The number of carboxylic acids is 1. The van der Waals surface area contributed by atoms with Gasteiger partial charge in [-0.05, 0) is 24.3 Å². The predicted octanol–water partition coefficient (Wildman–Crippen LogP) is 3.48. The fraction of sp³-hybridized carbons (Fsp3) is 0.333. The van der Waals surface area contributed by atoms with Crippen LogP contribution < -0.4 is 4.90 Å². The Labute approximate surface area is 180 Å². The van der Waals surface area contributed by atoms with E-state index in [1.165, 1.54) is 6.07 Å². The smallest absolute Gasteiger partial charge is 0.475 e. The molecule has 2 aromatic rings. The van der Waals surface area contributed by atoms with E-state index in [-0.39, 0.29) is 10.8 Å². The number of carbonyl (C=O) groups excluding carboxylic acids is 2. The largest absolute Gasteiger partial charge is 0.490 e. The van der Waals surface area contributed by atoms with Crippen molar-refractivity contribution in [1.29, 1.82) is 0 Å². The van der Waals surface area contributed by atoms with Gasteiger partial charge in [0.15, 0.2) is 0 Å². The number of carboxylic acid groups (broad SMARTS) is 1. The Morgan fingerprint density at radius 3 is 1.94 bits per heavy atom. The standard InChI is InChI=1S/C16H14F3N3O2S.C2HF3O2/c17-16(18,19)14(23)12-3-4-13(25-12)15(24)22-8-6-21(7-9-22)11-2-1-5-20-10-11;3-2(4,5)1(6)7/h1-5,10H,6-9H2;(H,6,7). The monoisotopic (exact) mass is 483 g/mol. The molecule has 1 saturated heterocycles. The highest BCUT2D eigenvalue weighted by Crippen LogP contribution is 2.27. The van der Waals surface area contributed by atoms with Crippen LogP contribution in [0.1, 0.15) is 19.3 Å². The molecule has 14 heteroatoms. The van der Waals surface area contributed by atoms with E-state index in [9.17, 15) is 35.9 Å². The molecule has 0 aromatic carbocycles. The number of anilines is 1. The molecule has 0 aliphatic carbocycles. The number of aliphatic carboxylic acids is 1.